The minimum absolute atomic E-state index is 0.00759. The summed E-state index contributed by atoms with van der Waals surface area (Å²) in [5.74, 6) is 0.855. The van der Waals surface area contributed by atoms with Gasteiger partial charge in [0.15, 0.2) is 0 Å². The highest BCUT2D eigenvalue weighted by Gasteiger charge is 2.07. The van der Waals surface area contributed by atoms with Gasteiger partial charge in [-0.3, -0.25) is 4.79 Å². The van der Waals surface area contributed by atoms with Crippen LogP contribution in [0.2, 0.25) is 0 Å². The van der Waals surface area contributed by atoms with Crippen molar-refractivity contribution in [2.75, 3.05) is 12.3 Å². The van der Waals surface area contributed by atoms with E-state index in [2.05, 4.69) is 59.0 Å². The molecule has 0 saturated heterocycles. The van der Waals surface area contributed by atoms with Gasteiger partial charge in [0, 0.05) is 13.6 Å². The maximum absolute atomic E-state index is 11.8. The summed E-state index contributed by atoms with van der Waals surface area (Å²) >= 11 is 1.33. The topological polar surface area (TPSA) is 72.7 Å². The number of aromatic nitrogens is 4. The maximum atomic E-state index is 11.8. The van der Waals surface area contributed by atoms with Gasteiger partial charge >= 0.3 is 0 Å². The van der Waals surface area contributed by atoms with Crippen molar-refractivity contribution in [2.24, 2.45) is 7.05 Å². The second-order valence-electron chi connectivity index (χ2n) is 5.37. The van der Waals surface area contributed by atoms with Gasteiger partial charge < -0.3 is 5.32 Å². The molecule has 0 bridgehead atoms. The van der Waals surface area contributed by atoms with E-state index < -0.39 is 0 Å². The first kappa shape index (κ1) is 16.5. The van der Waals surface area contributed by atoms with Crippen LogP contribution in [0.3, 0.4) is 0 Å². The number of hydrogen-bond donors (Lipinski definition) is 1. The number of benzene rings is 1. The highest BCUT2D eigenvalue weighted by Crippen LogP contribution is 2.15. The van der Waals surface area contributed by atoms with E-state index >= 15 is 0 Å². The highest BCUT2D eigenvalue weighted by atomic mass is 32.2. The van der Waals surface area contributed by atoms with Crippen LogP contribution in [-0.2, 0) is 18.3 Å². The third-order valence-corrected chi connectivity index (χ3v) is 4.31. The van der Waals surface area contributed by atoms with Crippen molar-refractivity contribution in [3.8, 4) is 0 Å². The third kappa shape index (κ3) is 4.84. The molecular formula is C15H21N5OS. The zero-order chi connectivity index (χ0) is 15.9. The van der Waals surface area contributed by atoms with E-state index in [1.165, 1.54) is 22.9 Å². The lowest BCUT2D eigenvalue weighted by Crippen LogP contribution is -2.27. The number of aryl methyl sites for hydroxylation is 1. The molecule has 1 amide bonds. The van der Waals surface area contributed by atoms with Gasteiger partial charge in [-0.25, -0.2) is 4.68 Å². The van der Waals surface area contributed by atoms with E-state index in [1.54, 1.807) is 11.7 Å². The van der Waals surface area contributed by atoms with Crippen LogP contribution in [0.5, 0.6) is 0 Å². The molecular weight excluding hydrogens is 298 g/mol. The van der Waals surface area contributed by atoms with Crippen LogP contribution in [0.1, 0.15) is 30.9 Å². The van der Waals surface area contributed by atoms with Gasteiger partial charge in [0.05, 0.1) is 5.75 Å². The average Bonchev–Trinajstić information content (AvgIpc) is 2.91. The van der Waals surface area contributed by atoms with Crippen molar-refractivity contribution in [3.05, 3.63) is 35.4 Å². The number of carbonyl (C=O) groups is 1. The van der Waals surface area contributed by atoms with Crippen molar-refractivity contribution in [1.82, 2.24) is 25.5 Å². The number of thioether (sulfide) groups is 1. The largest absolute Gasteiger partial charge is 0.355 e. The van der Waals surface area contributed by atoms with Crippen molar-refractivity contribution in [2.45, 2.75) is 31.3 Å². The van der Waals surface area contributed by atoms with Gasteiger partial charge in [0.2, 0.25) is 11.1 Å². The van der Waals surface area contributed by atoms with Gasteiger partial charge in [-0.1, -0.05) is 49.9 Å². The summed E-state index contributed by atoms with van der Waals surface area (Å²) in [6, 6.07) is 8.56. The summed E-state index contributed by atoms with van der Waals surface area (Å²) in [6.07, 6.45) is 0.834. The minimum Gasteiger partial charge on any atom is -0.355 e. The number of carbonyl (C=O) groups excluding carboxylic acids is 1. The van der Waals surface area contributed by atoms with Crippen LogP contribution < -0.4 is 5.32 Å². The molecule has 0 aliphatic carbocycles. The van der Waals surface area contributed by atoms with E-state index in [0.717, 1.165) is 6.42 Å². The first-order valence-corrected chi connectivity index (χ1v) is 8.25. The Morgan fingerprint density at radius 2 is 2.05 bits per heavy atom. The third-order valence-electron chi connectivity index (χ3n) is 3.30. The molecule has 6 nitrogen and oxygen atoms in total. The number of nitrogens with one attached hydrogen (secondary N) is 1. The fraction of sp³-hybridized carbons (Fsp3) is 0.467. The number of tetrazole rings is 1. The van der Waals surface area contributed by atoms with E-state index in [9.17, 15) is 4.79 Å². The first-order valence-electron chi connectivity index (χ1n) is 7.27. The number of hydrogen-bond acceptors (Lipinski definition) is 5. The summed E-state index contributed by atoms with van der Waals surface area (Å²) in [5, 5.41) is 14.6. The fourth-order valence-electron chi connectivity index (χ4n) is 1.94. The summed E-state index contributed by atoms with van der Waals surface area (Å²) < 4.78 is 1.55. The summed E-state index contributed by atoms with van der Waals surface area (Å²) in [6.45, 7) is 5.00. The molecule has 2 rings (SSSR count). The molecule has 1 N–H and O–H groups in total. The predicted octanol–water partition coefficient (Wildman–Crippen LogP) is 1.78. The molecule has 2 aromatic rings. The SMILES string of the molecule is CC(C)c1ccc(CCNC(=O)CSc2nnnn2C)cc1. The van der Waals surface area contributed by atoms with Gasteiger partial charge in [-0.2, -0.15) is 0 Å². The Kier molecular flexibility index (Phi) is 5.94. The molecule has 0 aliphatic heterocycles. The Morgan fingerprint density at radius 3 is 2.64 bits per heavy atom. The summed E-state index contributed by atoms with van der Waals surface area (Å²) in [5.41, 5.74) is 2.57. The molecule has 22 heavy (non-hydrogen) atoms. The second kappa shape index (κ2) is 7.93. The Labute approximate surface area is 134 Å². The van der Waals surface area contributed by atoms with Crippen LogP contribution in [-0.4, -0.2) is 38.4 Å². The van der Waals surface area contributed by atoms with Crippen molar-refractivity contribution < 1.29 is 4.79 Å². The lowest BCUT2D eigenvalue weighted by Gasteiger charge is -2.08. The highest BCUT2D eigenvalue weighted by molar-refractivity contribution is 7.99. The molecule has 0 radical (unpaired) electrons. The standard InChI is InChI=1S/C15H21N5OS/c1-11(2)13-6-4-12(5-7-13)8-9-16-14(21)10-22-15-17-18-19-20(15)3/h4-7,11H,8-10H2,1-3H3,(H,16,21). The predicted molar refractivity (Wildman–Crippen MR) is 86.8 cm³/mol. The molecule has 1 heterocycles. The Morgan fingerprint density at radius 1 is 1.32 bits per heavy atom. The second-order valence-corrected chi connectivity index (χ2v) is 6.31. The van der Waals surface area contributed by atoms with Crippen LogP contribution >= 0.6 is 11.8 Å². The van der Waals surface area contributed by atoms with Gasteiger partial charge in [0.1, 0.15) is 0 Å². The monoisotopic (exact) mass is 319 g/mol. The van der Waals surface area contributed by atoms with Gasteiger partial charge in [-0.05, 0) is 33.9 Å². The zero-order valence-electron chi connectivity index (χ0n) is 13.1. The molecule has 0 unspecified atom stereocenters. The van der Waals surface area contributed by atoms with Crippen LogP contribution in [0, 0.1) is 0 Å². The molecule has 1 aromatic carbocycles. The summed E-state index contributed by atoms with van der Waals surface area (Å²) in [7, 11) is 1.75. The van der Waals surface area contributed by atoms with E-state index in [4.69, 9.17) is 0 Å². The quantitative estimate of drug-likeness (QED) is 0.788. The molecule has 7 heteroatoms. The molecule has 118 valence electrons. The number of rotatable bonds is 7. The Bertz CT molecular complexity index is 609. The van der Waals surface area contributed by atoms with Crippen LogP contribution in [0.25, 0.3) is 0 Å². The molecule has 0 aliphatic rings. The Balaban J connectivity index is 1.69. The zero-order valence-corrected chi connectivity index (χ0v) is 13.9. The summed E-state index contributed by atoms with van der Waals surface area (Å²) in [4.78, 5) is 11.8. The van der Waals surface area contributed by atoms with Gasteiger partial charge in [-0.15, -0.1) is 5.10 Å². The van der Waals surface area contributed by atoms with E-state index in [0.29, 0.717) is 23.4 Å². The fourth-order valence-corrected chi connectivity index (χ4v) is 2.62. The van der Waals surface area contributed by atoms with Crippen LogP contribution in [0.15, 0.2) is 29.4 Å². The number of amides is 1. The Hall–Kier alpha value is -1.89. The number of nitrogens with zero attached hydrogens (tertiary/aromatic N) is 4. The van der Waals surface area contributed by atoms with E-state index in [1.807, 2.05) is 0 Å². The smallest absolute Gasteiger partial charge is 0.230 e. The molecule has 1 aromatic heterocycles. The van der Waals surface area contributed by atoms with Crippen LogP contribution in [0.4, 0.5) is 0 Å². The van der Waals surface area contributed by atoms with E-state index in [-0.39, 0.29) is 5.91 Å². The average molecular weight is 319 g/mol. The molecule has 0 atom stereocenters. The normalized spacial score (nSPS) is 10.9. The molecule has 0 fully saturated rings. The van der Waals surface area contributed by atoms with Crippen molar-refractivity contribution in [3.63, 3.8) is 0 Å². The van der Waals surface area contributed by atoms with Crippen molar-refractivity contribution >= 4 is 17.7 Å². The van der Waals surface area contributed by atoms with Gasteiger partial charge in [0.25, 0.3) is 0 Å². The molecule has 0 saturated carbocycles. The first-order chi connectivity index (χ1) is 10.6. The minimum atomic E-state index is -0.00759. The molecule has 0 spiro atoms. The van der Waals surface area contributed by atoms with Crippen molar-refractivity contribution in [1.29, 1.82) is 0 Å². The lowest BCUT2D eigenvalue weighted by molar-refractivity contribution is -0.118. The maximum Gasteiger partial charge on any atom is 0.230 e. The lowest BCUT2D eigenvalue weighted by atomic mass is 10.0.